The summed E-state index contributed by atoms with van der Waals surface area (Å²) in [6, 6.07) is 14.2. The predicted octanol–water partition coefficient (Wildman–Crippen LogP) is 5.69. The van der Waals surface area contributed by atoms with Gasteiger partial charge in [0.25, 0.3) is 5.89 Å². The first-order valence-electron chi connectivity index (χ1n) is 11.2. The zero-order valence-electron chi connectivity index (χ0n) is 19.4. The summed E-state index contributed by atoms with van der Waals surface area (Å²) in [6.45, 7) is 11.6. The van der Waals surface area contributed by atoms with Crippen LogP contribution in [-0.2, 0) is 6.42 Å². The topological polar surface area (TPSA) is 84.0 Å². The molecule has 0 fully saturated rings. The average Bonchev–Trinajstić information content (AvgIpc) is 3.39. The Hall–Kier alpha value is -3.17. The first-order chi connectivity index (χ1) is 15.2. The number of nitriles is 1. The Morgan fingerprint density at radius 1 is 1.25 bits per heavy atom. The van der Waals surface area contributed by atoms with E-state index in [4.69, 9.17) is 9.26 Å². The fourth-order valence-electron chi connectivity index (χ4n) is 4.06. The summed E-state index contributed by atoms with van der Waals surface area (Å²) in [6.07, 6.45) is 2.04. The SMILES string of the molecule is CC(C)Oc1ccc(-c2nc(-c3cccc4c3CC[C@@H]4NCC(C)(C)C)no2)cc1C#N. The Morgan fingerprint density at radius 2 is 2.06 bits per heavy atom. The van der Waals surface area contributed by atoms with E-state index in [1.54, 1.807) is 12.1 Å². The van der Waals surface area contributed by atoms with Crippen molar-refractivity contribution >= 4 is 0 Å². The normalized spacial score (nSPS) is 15.6. The van der Waals surface area contributed by atoms with Crippen LogP contribution in [0, 0.1) is 16.7 Å². The molecule has 32 heavy (non-hydrogen) atoms. The zero-order valence-corrected chi connectivity index (χ0v) is 19.4. The van der Waals surface area contributed by atoms with Crippen molar-refractivity contribution in [3.8, 4) is 34.7 Å². The van der Waals surface area contributed by atoms with Gasteiger partial charge in [0, 0.05) is 23.7 Å². The number of nitrogens with one attached hydrogen (secondary N) is 1. The molecule has 1 heterocycles. The van der Waals surface area contributed by atoms with Crippen LogP contribution >= 0.6 is 0 Å². The fraction of sp³-hybridized carbons (Fsp3) is 0.423. The van der Waals surface area contributed by atoms with Gasteiger partial charge in [0.05, 0.1) is 11.7 Å². The highest BCUT2D eigenvalue weighted by Crippen LogP contribution is 2.38. The van der Waals surface area contributed by atoms with E-state index >= 15 is 0 Å². The molecular weight excluding hydrogens is 400 g/mol. The number of fused-ring (bicyclic) bond motifs is 1. The maximum Gasteiger partial charge on any atom is 0.258 e. The van der Waals surface area contributed by atoms with Gasteiger partial charge in [-0.3, -0.25) is 0 Å². The lowest BCUT2D eigenvalue weighted by Crippen LogP contribution is -2.29. The van der Waals surface area contributed by atoms with Gasteiger partial charge in [0.1, 0.15) is 11.8 Å². The lowest BCUT2D eigenvalue weighted by molar-refractivity contribution is 0.241. The second kappa shape index (κ2) is 8.76. The van der Waals surface area contributed by atoms with Crippen molar-refractivity contribution in [3.05, 3.63) is 53.1 Å². The molecule has 0 aliphatic heterocycles. The largest absolute Gasteiger partial charge is 0.490 e. The van der Waals surface area contributed by atoms with E-state index in [0.29, 0.717) is 34.6 Å². The van der Waals surface area contributed by atoms with Gasteiger partial charge in [0.15, 0.2) is 0 Å². The number of aromatic nitrogens is 2. The number of rotatable bonds is 6. The maximum atomic E-state index is 9.51. The van der Waals surface area contributed by atoms with Crippen molar-refractivity contribution in [2.45, 2.75) is 59.6 Å². The Morgan fingerprint density at radius 3 is 2.78 bits per heavy atom. The van der Waals surface area contributed by atoms with Crippen LogP contribution < -0.4 is 10.1 Å². The lowest BCUT2D eigenvalue weighted by Gasteiger charge is -2.23. The van der Waals surface area contributed by atoms with Crippen molar-refractivity contribution in [2.24, 2.45) is 5.41 Å². The van der Waals surface area contributed by atoms with Crippen LogP contribution in [0.5, 0.6) is 5.75 Å². The molecule has 1 aliphatic carbocycles. The van der Waals surface area contributed by atoms with E-state index in [1.807, 2.05) is 19.9 Å². The Balaban J connectivity index is 1.60. The molecule has 1 N–H and O–H groups in total. The average molecular weight is 431 g/mol. The molecule has 0 radical (unpaired) electrons. The highest BCUT2D eigenvalue weighted by Gasteiger charge is 2.27. The van der Waals surface area contributed by atoms with Crippen LogP contribution in [0.15, 0.2) is 40.9 Å². The van der Waals surface area contributed by atoms with E-state index < -0.39 is 0 Å². The van der Waals surface area contributed by atoms with E-state index in [1.165, 1.54) is 11.1 Å². The Labute approximate surface area is 189 Å². The van der Waals surface area contributed by atoms with Gasteiger partial charge >= 0.3 is 0 Å². The van der Waals surface area contributed by atoms with E-state index in [0.717, 1.165) is 24.9 Å². The van der Waals surface area contributed by atoms with Gasteiger partial charge in [-0.15, -0.1) is 0 Å². The molecule has 6 nitrogen and oxygen atoms in total. The van der Waals surface area contributed by atoms with Crippen molar-refractivity contribution in [1.29, 1.82) is 5.26 Å². The van der Waals surface area contributed by atoms with Crippen LogP contribution in [0.3, 0.4) is 0 Å². The van der Waals surface area contributed by atoms with Crippen molar-refractivity contribution < 1.29 is 9.26 Å². The molecule has 3 aromatic rings. The summed E-state index contributed by atoms with van der Waals surface area (Å²) in [5.74, 6) is 1.53. The Kier molecular flexibility index (Phi) is 6.03. The summed E-state index contributed by atoms with van der Waals surface area (Å²) < 4.78 is 11.3. The molecule has 0 bridgehead atoms. The third-order valence-corrected chi connectivity index (χ3v) is 5.53. The smallest absolute Gasteiger partial charge is 0.258 e. The van der Waals surface area contributed by atoms with E-state index in [9.17, 15) is 5.26 Å². The van der Waals surface area contributed by atoms with Gasteiger partial charge in [-0.05, 0) is 61.4 Å². The number of hydrogen-bond donors (Lipinski definition) is 1. The van der Waals surface area contributed by atoms with Gasteiger partial charge in [0.2, 0.25) is 5.82 Å². The Bertz CT molecular complexity index is 1150. The third kappa shape index (κ3) is 4.68. The molecule has 1 aliphatic rings. The van der Waals surface area contributed by atoms with Crippen LogP contribution in [0.2, 0.25) is 0 Å². The minimum atomic E-state index is -0.00940. The van der Waals surface area contributed by atoms with Crippen LogP contribution in [-0.4, -0.2) is 22.8 Å². The molecule has 0 unspecified atom stereocenters. The van der Waals surface area contributed by atoms with Crippen molar-refractivity contribution in [1.82, 2.24) is 15.5 Å². The second-order valence-corrected chi connectivity index (χ2v) is 9.82. The molecule has 0 saturated heterocycles. The quantitative estimate of drug-likeness (QED) is 0.541. The molecular formula is C26H30N4O2. The number of hydrogen-bond acceptors (Lipinski definition) is 6. The van der Waals surface area contributed by atoms with E-state index in [-0.39, 0.29) is 11.5 Å². The van der Waals surface area contributed by atoms with Crippen molar-refractivity contribution in [2.75, 3.05) is 6.54 Å². The lowest BCUT2D eigenvalue weighted by atomic mass is 9.96. The summed E-state index contributed by atoms with van der Waals surface area (Å²) in [4.78, 5) is 4.66. The second-order valence-electron chi connectivity index (χ2n) is 9.82. The minimum Gasteiger partial charge on any atom is -0.490 e. The third-order valence-electron chi connectivity index (χ3n) is 5.53. The summed E-state index contributed by atoms with van der Waals surface area (Å²) in [7, 11) is 0. The van der Waals surface area contributed by atoms with Crippen LogP contribution in [0.25, 0.3) is 22.8 Å². The molecule has 0 spiro atoms. The van der Waals surface area contributed by atoms with Gasteiger partial charge in [-0.1, -0.05) is 44.1 Å². The summed E-state index contributed by atoms with van der Waals surface area (Å²) in [5, 5.41) is 17.5. The molecule has 2 aromatic carbocycles. The van der Waals surface area contributed by atoms with E-state index in [2.05, 4.69) is 60.5 Å². The molecule has 4 rings (SSSR count). The van der Waals surface area contributed by atoms with Crippen LogP contribution in [0.4, 0.5) is 0 Å². The summed E-state index contributed by atoms with van der Waals surface area (Å²) >= 11 is 0. The monoisotopic (exact) mass is 430 g/mol. The molecule has 0 amide bonds. The molecule has 1 atom stereocenters. The first kappa shape index (κ1) is 22.0. The molecule has 6 heteroatoms. The van der Waals surface area contributed by atoms with Crippen molar-refractivity contribution in [3.63, 3.8) is 0 Å². The fourth-order valence-corrected chi connectivity index (χ4v) is 4.06. The highest BCUT2D eigenvalue weighted by molar-refractivity contribution is 5.67. The molecule has 0 saturated carbocycles. The van der Waals surface area contributed by atoms with Gasteiger partial charge in [-0.2, -0.15) is 10.2 Å². The predicted molar refractivity (Wildman–Crippen MR) is 124 cm³/mol. The maximum absolute atomic E-state index is 9.51. The summed E-state index contributed by atoms with van der Waals surface area (Å²) in [5.41, 5.74) is 5.00. The highest BCUT2D eigenvalue weighted by atomic mass is 16.5. The number of benzene rings is 2. The standard InChI is InChI=1S/C26H30N4O2/c1-16(2)31-23-12-9-17(13-18(23)14-27)25-29-24(30-32-25)21-8-6-7-20-19(21)10-11-22(20)28-15-26(3,4)5/h6-9,12-13,16,22,28H,10-11,15H2,1-5H3/t22-/m0/s1. The molecule has 1 aromatic heterocycles. The minimum absolute atomic E-state index is 0.00940. The zero-order chi connectivity index (χ0) is 22.9. The molecule has 166 valence electrons. The van der Waals surface area contributed by atoms with Gasteiger partial charge in [-0.25, -0.2) is 0 Å². The van der Waals surface area contributed by atoms with Crippen LogP contribution in [0.1, 0.15) is 63.8 Å². The number of ether oxygens (including phenoxy) is 1. The first-order valence-corrected chi connectivity index (χ1v) is 11.2. The number of nitrogens with zero attached hydrogens (tertiary/aromatic N) is 3. The van der Waals surface area contributed by atoms with Gasteiger partial charge < -0.3 is 14.6 Å².